The van der Waals surface area contributed by atoms with Crippen LogP contribution in [-0.2, 0) is 0 Å². The van der Waals surface area contributed by atoms with E-state index in [2.05, 4.69) is 17.5 Å². The van der Waals surface area contributed by atoms with Crippen molar-refractivity contribution in [3.63, 3.8) is 0 Å². The van der Waals surface area contributed by atoms with Gasteiger partial charge in [-0.15, -0.1) is 0 Å². The van der Waals surface area contributed by atoms with Gasteiger partial charge < -0.3 is 15.8 Å². The third kappa shape index (κ3) is 2.97. The van der Waals surface area contributed by atoms with Crippen LogP contribution in [0.4, 0.5) is 5.69 Å². The lowest BCUT2D eigenvalue weighted by atomic mass is 10.0. The van der Waals surface area contributed by atoms with Gasteiger partial charge in [-0.05, 0) is 59.5 Å². The summed E-state index contributed by atoms with van der Waals surface area (Å²) in [6.07, 6.45) is 5.09. The van der Waals surface area contributed by atoms with E-state index in [9.17, 15) is 4.79 Å². The van der Waals surface area contributed by atoms with Gasteiger partial charge in [0, 0.05) is 24.3 Å². The van der Waals surface area contributed by atoms with E-state index in [0.717, 1.165) is 41.7 Å². The molecule has 0 bridgehead atoms. The van der Waals surface area contributed by atoms with Crippen LogP contribution >= 0.6 is 0 Å². The summed E-state index contributed by atoms with van der Waals surface area (Å²) < 4.78 is 6.99. The molecule has 0 spiro atoms. The summed E-state index contributed by atoms with van der Waals surface area (Å²) >= 11 is 0. The van der Waals surface area contributed by atoms with Crippen LogP contribution in [0, 0.1) is 0 Å². The molecule has 0 unspecified atom stereocenters. The Hall–Kier alpha value is -3.05. The number of nitrogens with one attached hydrogen (secondary N) is 1. The largest absolute Gasteiger partial charge is 0.495 e. The number of pyridine rings is 2. The number of nitrogens with two attached hydrogens (primary N) is 1. The Morgan fingerprint density at radius 2 is 1.92 bits per heavy atom. The number of methoxy groups -OCH3 is 1. The van der Waals surface area contributed by atoms with E-state index in [4.69, 9.17) is 10.5 Å². The van der Waals surface area contributed by atoms with Crippen molar-refractivity contribution in [2.75, 3.05) is 25.9 Å². The first-order valence-corrected chi connectivity index (χ1v) is 8.66. The van der Waals surface area contributed by atoms with Crippen LogP contribution < -0.4 is 21.3 Å². The van der Waals surface area contributed by atoms with Gasteiger partial charge in [0.25, 0.3) is 5.56 Å². The van der Waals surface area contributed by atoms with Gasteiger partial charge >= 0.3 is 0 Å². The van der Waals surface area contributed by atoms with E-state index >= 15 is 0 Å². The summed E-state index contributed by atoms with van der Waals surface area (Å²) in [5.74, 6) is 0.607. The normalized spacial score (nSPS) is 14.3. The summed E-state index contributed by atoms with van der Waals surface area (Å²) in [6, 6.07) is 13.3. The first kappa shape index (κ1) is 16.4. The quantitative estimate of drug-likeness (QED) is 0.715. The predicted octanol–water partition coefficient (Wildman–Crippen LogP) is 2.93. The van der Waals surface area contributed by atoms with Crippen LogP contribution in [0.2, 0.25) is 0 Å². The summed E-state index contributed by atoms with van der Waals surface area (Å²) in [5, 5.41) is 3.31. The molecule has 0 radical (unpaired) electrons. The van der Waals surface area contributed by atoms with E-state index in [0.29, 0.717) is 11.4 Å². The number of hydrogen-bond donors (Lipinski definition) is 2. The van der Waals surface area contributed by atoms with E-state index < -0.39 is 0 Å². The Bertz CT molecular complexity index is 1070. The van der Waals surface area contributed by atoms with E-state index in [1.165, 1.54) is 5.57 Å². The number of fused-ring (bicyclic) bond motifs is 1. The molecule has 1 aliphatic heterocycles. The van der Waals surface area contributed by atoms with Crippen LogP contribution in [0.5, 0.6) is 5.75 Å². The zero-order chi connectivity index (χ0) is 18.1. The number of anilines is 1. The van der Waals surface area contributed by atoms with Gasteiger partial charge in [0.2, 0.25) is 0 Å². The van der Waals surface area contributed by atoms with Crippen molar-refractivity contribution in [1.82, 2.24) is 9.72 Å². The second-order valence-electron chi connectivity index (χ2n) is 6.44. The maximum Gasteiger partial charge on any atom is 0.255 e. The second kappa shape index (κ2) is 6.69. The highest BCUT2D eigenvalue weighted by Gasteiger charge is 2.09. The highest BCUT2D eigenvalue weighted by Crippen LogP contribution is 2.29. The summed E-state index contributed by atoms with van der Waals surface area (Å²) in [5.41, 5.74) is 11.4. The van der Waals surface area contributed by atoms with Crippen molar-refractivity contribution in [2.24, 2.45) is 0 Å². The maximum atomic E-state index is 12.7. The van der Waals surface area contributed by atoms with Gasteiger partial charge in [-0.3, -0.25) is 9.20 Å². The van der Waals surface area contributed by atoms with Crippen LogP contribution in [0.25, 0.3) is 22.2 Å². The van der Waals surface area contributed by atoms with Gasteiger partial charge in [-0.1, -0.05) is 18.2 Å². The fourth-order valence-electron chi connectivity index (χ4n) is 3.36. The van der Waals surface area contributed by atoms with Gasteiger partial charge in [-0.25, -0.2) is 0 Å². The third-order valence-electron chi connectivity index (χ3n) is 4.80. The van der Waals surface area contributed by atoms with Crippen molar-refractivity contribution in [3.05, 3.63) is 70.7 Å². The van der Waals surface area contributed by atoms with Gasteiger partial charge in [-0.2, -0.15) is 0 Å². The molecule has 5 heteroatoms. The first-order chi connectivity index (χ1) is 12.7. The lowest BCUT2D eigenvalue weighted by Crippen LogP contribution is -2.20. The van der Waals surface area contributed by atoms with E-state index in [-0.39, 0.29) is 5.56 Å². The molecule has 3 aromatic rings. The molecule has 1 aromatic carbocycles. The number of benzene rings is 1. The molecule has 3 heterocycles. The van der Waals surface area contributed by atoms with Crippen LogP contribution in [0.15, 0.2) is 59.5 Å². The molecule has 2 aromatic heterocycles. The molecule has 0 aliphatic carbocycles. The Labute approximate surface area is 151 Å². The Balaban J connectivity index is 1.80. The molecule has 0 saturated heterocycles. The maximum absolute atomic E-state index is 12.7. The van der Waals surface area contributed by atoms with Gasteiger partial charge in [0.15, 0.2) is 0 Å². The fourth-order valence-corrected chi connectivity index (χ4v) is 3.36. The van der Waals surface area contributed by atoms with Crippen molar-refractivity contribution < 1.29 is 4.74 Å². The molecule has 26 heavy (non-hydrogen) atoms. The van der Waals surface area contributed by atoms with Gasteiger partial charge in [0.05, 0.1) is 12.8 Å². The predicted molar refractivity (Wildman–Crippen MR) is 106 cm³/mol. The average Bonchev–Trinajstić information content (AvgIpc) is 2.68. The topological polar surface area (TPSA) is 68.8 Å². The van der Waals surface area contributed by atoms with E-state index in [1.807, 2.05) is 30.5 Å². The van der Waals surface area contributed by atoms with Gasteiger partial charge in [0.1, 0.15) is 5.75 Å². The minimum absolute atomic E-state index is 0.0512. The molecular formula is C21H21N3O2. The number of hydrogen-bond acceptors (Lipinski definition) is 4. The first-order valence-electron chi connectivity index (χ1n) is 8.66. The monoisotopic (exact) mass is 347 g/mol. The molecule has 0 saturated carbocycles. The highest BCUT2D eigenvalue weighted by atomic mass is 16.5. The fraction of sp³-hybridized carbons (Fsp3) is 0.190. The molecule has 4 rings (SSSR count). The van der Waals surface area contributed by atoms with Crippen molar-refractivity contribution >= 4 is 16.8 Å². The number of aromatic nitrogens is 1. The molecule has 5 nitrogen and oxygen atoms in total. The molecule has 3 N–H and O–H groups in total. The molecule has 0 fully saturated rings. The van der Waals surface area contributed by atoms with Crippen molar-refractivity contribution in [2.45, 2.75) is 6.42 Å². The zero-order valence-corrected chi connectivity index (χ0v) is 14.7. The Morgan fingerprint density at radius 1 is 1.08 bits per heavy atom. The van der Waals surface area contributed by atoms with Crippen molar-refractivity contribution in [3.8, 4) is 16.9 Å². The zero-order valence-electron chi connectivity index (χ0n) is 14.7. The van der Waals surface area contributed by atoms with E-state index in [1.54, 1.807) is 23.6 Å². The highest BCUT2D eigenvalue weighted by molar-refractivity contribution is 5.74. The SMILES string of the molecule is COc1cc(-c2cc(=O)n3cc(C4=CCNCC4)ccc3c2)ccc1N. The third-order valence-corrected chi connectivity index (χ3v) is 4.80. The van der Waals surface area contributed by atoms with Crippen molar-refractivity contribution in [1.29, 1.82) is 0 Å². The van der Waals surface area contributed by atoms with Crippen LogP contribution in [0.3, 0.4) is 0 Å². The minimum Gasteiger partial charge on any atom is -0.495 e. The number of rotatable bonds is 3. The lowest BCUT2D eigenvalue weighted by Gasteiger charge is -2.15. The summed E-state index contributed by atoms with van der Waals surface area (Å²) in [4.78, 5) is 12.7. The Kier molecular flexibility index (Phi) is 4.22. The molecule has 132 valence electrons. The molecule has 0 amide bonds. The number of ether oxygens (including phenoxy) is 1. The second-order valence-corrected chi connectivity index (χ2v) is 6.44. The average molecular weight is 347 g/mol. The molecular weight excluding hydrogens is 326 g/mol. The lowest BCUT2D eigenvalue weighted by molar-refractivity contribution is 0.417. The number of nitrogens with zero attached hydrogens (tertiary/aromatic N) is 1. The number of nitrogen functional groups attached to an aromatic ring is 1. The summed E-state index contributed by atoms with van der Waals surface area (Å²) in [7, 11) is 1.59. The summed E-state index contributed by atoms with van der Waals surface area (Å²) in [6.45, 7) is 1.84. The molecule has 0 atom stereocenters. The molecule has 1 aliphatic rings. The smallest absolute Gasteiger partial charge is 0.255 e. The minimum atomic E-state index is -0.0512. The standard InChI is InChI=1S/C21H21N3O2/c1-26-20-11-15(3-5-19(20)22)17-10-18-4-2-16(13-24(18)21(25)12-17)14-6-8-23-9-7-14/h2-6,10-13,23H,7-9,22H2,1H3. The van der Waals surface area contributed by atoms with Crippen LogP contribution in [0.1, 0.15) is 12.0 Å². The van der Waals surface area contributed by atoms with Crippen LogP contribution in [-0.4, -0.2) is 24.6 Å². The Morgan fingerprint density at radius 3 is 2.69 bits per heavy atom.